The lowest BCUT2D eigenvalue weighted by molar-refractivity contribution is -0.129. The molecule has 0 aromatic carbocycles. The molecule has 0 aliphatic carbocycles. The third kappa shape index (κ3) is 3.73. The molecule has 114 valence electrons. The van der Waals surface area contributed by atoms with E-state index in [-0.39, 0.29) is 24.3 Å². The van der Waals surface area contributed by atoms with Crippen LogP contribution in [0.4, 0.5) is 0 Å². The van der Waals surface area contributed by atoms with E-state index in [0.717, 1.165) is 12.1 Å². The van der Waals surface area contributed by atoms with Crippen molar-refractivity contribution in [3.8, 4) is 0 Å². The van der Waals surface area contributed by atoms with Crippen LogP contribution >= 0.6 is 11.6 Å². The molecule has 0 radical (unpaired) electrons. The Bertz CT molecular complexity index is 560. The molecular weight excluding hydrogens is 290 g/mol. The Balaban J connectivity index is 2.25. The van der Waals surface area contributed by atoms with Crippen molar-refractivity contribution < 1.29 is 9.59 Å². The van der Waals surface area contributed by atoms with Crippen LogP contribution in [-0.2, 0) is 4.79 Å². The van der Waals surface area contributed by atoms with Gasteiger partial charge >= 0.3 is 0 Å². The molecule has 0 unspecified atom stereocenters. The zero-order chi connectivity index (χ0) is 15.6. The summed E-state index contributed by atoms with van der Waals surface area (Å²) in [6.07, 6.45) is 0.782. The summed E-state index contributed by atoms with van der Waals surface area (Å²) in [5, 5.41) is 0.308. The number of likely N-dealkylation sites (N-methyl/N-ethyl adjacent to an activating group) is 1. The highest BCUT2D eigenvalue weighted by molar-refractivity contribution is 6.29. The van der Waals surface area contributed by atoms with Crippen LogP contribution in [-0.4, -0.2) is 53.3 Å². The number of halogens is 1. The summed E-state index contributed by atoms with van der Waals surface area (Å²) >= 11 is 6.00. The number of aromatic nitrogens is 1. The molecule has 2 heterocycles. The van der Waals surface area contributed by atoms with Crippen molar-refractivity contribution in [3.63, 3.8) is 0 Å². The number of amides is 2. The summed E-state index contributed by atoms with van der Waals surface area (Å²) in [6, 6.07) is 3.33. The Morgan fingerprint density at radius 1 is 1.33 bits per heavy atom. The largest absolute Gasteiger partial charge is 0.344 e. The third-order valence-corrected chi connectivity index (χ3v) is 3.81. The summed E-state index contributed by atoms with van der Waals surface area (Å²) in [7, 11) is 1.76. The lowest BCUT2D eigenvalue weighted by Gasteiger charge is -2.20. The standard InChI is InChI=1S/C15H20ClN3O2/c1-10(2)12-7-11(8-13(16)17-12)15(21)19-6-4-5-18(3)14(20)9-19/h7-8,10H,4-6,9H2,1-3H3. The SMILES string of the molecule is CC(C)c1cc(C(=O)N2CCCN(C)C(=O)C2)cc(Cl)n1. The summed E-state index contributed by atoms with van der Waals surface area (Å²) in [4.78, 5) is 32.0. The molecule has 2 rings (SSSR count). The first kappa shape index (κ1) is 15.8. The van der Waals surface area contributed by atoms with Gasteiger partial charge in [-0.1, -0.05) is 25.4 Å². The fraction of sp³-hybridized carbons (Fsp3) is 0.533. The summed E-state index contributed by atoms with van der Waals surface area (Å²) in [5.41, 5.74) is 1.28. The summed E-state index contributed by atoms with van der Waals surface area (Å²) in [5.74, 6) is -0.0120. The minimum atomic E-state index is -0.162. The highest BCUT2D eigenvalue weighted by Gasteiger charge is 2.24. The van der Waals surface area contributed by atoms with E-state index in [1.165, 1.54) is 0 Å². The van der Waals surface area contributed by atoms with Crippen LogP contribution < -0.4 is 0 Å². The van der Waals surface area contributed by atoms with Gasteiger partial charge in [-0.15, -0.1) is 0 Å². The molecule has 0 saturated carbocycles. The molecule has 0 bridgehead atoms. The van der Waals surface area contributed by atoms with Crippen LogP contribution in [0.5, 0.6) is 0 Å². The van der Waals surface area contributed by atoms with Crippen molar-refractivity contribution in [2.75, 3.05) is 26.7 Å². The van der Waals surface area contributed by atoms with Gasteiger partial charge < -0.3 is 9.80 Å². The Morgan fingerprint density at radius 2 is 2.05 bits per heavy atom. The average Bonchev–Trinajstić information content (AvgIpc) is 2.59. The Labute approximate surface area is 129 Å². The Hall–Kier alpha value is -1.62. The Morgan fingerprint density at radius 3 is 2.71 bits per heavy atom. The molecule has 1 aliphatic rings. The first-order valence-electron chi connectivity index (χ1n) is 7.09. The van der Waals surface area contributed by atoms with Gasteiger partial charge in [0.05, 0.1) is 0 Å². The van der Waals surface area contributed by atoms with E-state index in [2.05, 4.69) is 4.98 Å². The minimum absolute atomic E-state index is 0.0370. The van der Waals surface area contributed by atoms with E-state index in [4.69, 9.17) is 11.6 Å². The van der Waals surface area contributed by atoms with E-state index in [9.17, 15) is 9.59 Å². The van der Waals surface area contributed by atoms with Gasteiger partial charge in [0, 0.05) is 31.4 Å². The van der Waals surface area contributed by atoms with Gasteiger partial charge in [-0.25, -0.2) is 4.98 Å². The van der Waals surface area contributed by atoms with Crippen molar-refractivity contribution in [1.82, 2.24) is 14.8 Å². The Kier molecular flexibility index (Phi) is 4.83. The lowest BCUT2D eigenvalue weighted by Crippen LogP contribution is -2.38. The van der Waals surface area contributed by atoms with Crippen LogP contribution in [0.1, 0.15) is 42.2 Å². The smallest absolute Gasteiger partial charge is 0.254 e. The average molecular weight is 310 g/mol. The number of carbonyl (C=O) groups is 2. The third-order valence-electron chi connectivity index (χ3n) is 3.61. The molecule has 1 fully saturated rings. The molecule has 21 heavy (non-hydrogen) atoms. The van der Waals surface area contributed by atoms with E-state index in [1.807, 2.05) is 13.8 Å². The maximum absolute atomic E-state index is 12.6. The quantitative estimate of drug-likeness (QED) is 0.787. The molecule has 1 saturated heterocycles. The first-order valence-corrected chi connectivity index (χ1v) is 7.47. The van der Waals surface area contributed by atoms with Crippen LogP contribution in [0.2, 0.25) is 5.15 Å². The van der Waals surface area contributed by atoms with E-state index >= 15 is 0 Å². The predicted molar refractivity (Wildman–Crippen MR) is 81.5 cm³/mol. The van der Waals surface area contributed by atoms with Crippen molar-refractivity contribution in [1.29, 1.82) is 0 Å². The van der Waals surface area contributed by atoms with Gasteiger partial charge in [-0.3, -0.25) is 9.59 Å². The highest BCUT2D eigenvalue weighted by atomic mass is 35.5. The van der Waals surface area contributed by atoms with Crippen molar-refractivity contribution in [3.05, 3.63) is 28.5 Å². The van der Waals surface area contributed by atoms with E-state index < -0.39 is 0 Å². The molecule has 1 aromatic heterocycles. The van der Waals surface area contributed by atoms with Crippen LogP contribution in [0.3, 0.4) is 0 Å². The molecule has 1 aromatic rings. The van der Waals surface area contributed by atoms with Crippen molar-refractivity contribution in [2.45, 2.75) is 26.2 Å². The molecular formula is C15H20ClN3O2. The maximum atomic E-state index is 12.6. The van der Waals surface area contributed by atoms with Gasteiger partial charge in [-0.2, -0.15) is 0 Å². The number of hydrogen-bond acceptors (Lipinski definition) is 3. The number of rotatable bonds is 2. The fourth-order valence-electron chi connectivity index (χ4n) is 2.28. The lowest BCUT2D eigenvalue weighted by atomic mass is 10.1. The predicted octanol–water partition coefficient (Wildman–Crippen LogP) is 2.16. The molecule has 0 atom stereocenters. The van der Waals surface area contributed by atoms with Gasteiger partial charge in [-0.05, 0) is 24.5 Å². The normalized spacial score (nSPS) is 16.3. The summed E-state index contributed by atoms with van der Waals surface area (Å²) < 4.78 is 0. The van der Waals surface area contributed by atoms with Crippen molar-refractivity contribution in [2.24, 2.45) is 0 Å². The first-order chi connectivity index (χ1) is 9.88. The van der Waals surface area contributed by atoms with Gasteiger partial charge in [0.1, 0.15) is 11.7 Å². The highest BCUT2D eigenvalue weighted by Crippen LogP contribution is 2.19. The van der Waals surface area contributed by atoms with Gasteiger partial charge in [0.25, 0.3) is 5.91 Å². The van der Waals surface area contributed by atoms with Crippen LogP contribution in [0.25, 0.3) is 0 Å². The number of carbonyl (C=O) groups excluding carboxylic acids is 2. The molecule has 0 N–H and O–H groups in total. The second kappa shape index (κ2) is 6.43. The molecule has 1 aliphatic heterocycles. The second-order valence-corrected chi connectivity index (χ2v) is 6.04. The maximum Gasteiger partial charge on any atom is 0.254 e. The zero-order valence-corrected chi connectivity index (χ0v) is 13.4. The topological polar surface area (TPSA) is 53.5 Å². The number of hydrogen-bond donors (Lipinski definition) is 0. The second-order valence-electron chi connectivity index (χ2n) is 5.65. The van der Waals surface area contributed by atoms with Gasteiger partial charge in [0.15, 0.2) is 0 Å². The molecule has 2 amide bonds. The molecule has 5 nitrogen and oxygen atoms in total. The molecule has 0 spiro atoms. The van der Waals surface area contributed by atoms with Crippen LogP contribution in [0.15, 0.2) is 12.1 Å². The fourth-order valence-corrected chi connectivity index (χ4v) is 2.49. The van der Waals surface area contributed by atoms with Crippen LogP contribution in [0, 0.1) is 0 Å². The van der Waals surface area contributed by atoms with E-state index in [0.29, 0.717) is 23.8 Å². The van der Waals surface area contributed by atoms with Crippen molar-refractivity contribution >= 4 is 23.4 Å². The molecule has 6 heteroatoms. The number of pyridine rings is 1. The van der Waals surface area contributed by atoms with E-state index in [1.54, 1.807) is 29.0 Å². The summed E-state index contributed by atoms with van der Waals surface area (Å²) in [6.45, 7) is 5.36. The minimum Gasteiger partial charge on any atom is -0.344 e. The zero-order valence-electron chi connectivity index (χ0n) is 12.6. The van der Waals surface area contributed by atoms with Gasteiger partial charge in [0.2, 0.25) is 5.91 Å². The monoisotopic (exact) mass is 309 g/mol. The number of nitrogens with zero attached hydrogens (tertiary/aromatic N) is 3.